The summed E-state index contributed by atoms with van der Waals surface area (Å²) in [6, 6.07) is 0. The molecule has 0 N–H and O–H groups in total. The largest absolute Gasteiger partial charge is 0.347 e. The third-order valence-corrected chi connectivity index (χ3v) is 5.75. The number of hydrogen-bond acceptors (Lipinski definition) is 5. The molecule has 3 heterocycles. The van der Waals surface area contributed by atoms with Gasteiger partial charge >= 0.3 is 0 Å². The molecule has 4 rings (SSSR count). The second kappa shape index (κ2) is 6.31. The lowest BCUT2D eigenvalue weighted by molar-refractivity contribution is -0.186. The van der Waals surface area contributed by atoms with Crippen LogP contribution < -0.4 is 0 Å². The summed E-state index contributed by atoms with van der Waals surface area (Å²) in [6.07, 6.45) is 10.4. The Morgan fingerprint density at radius 2 is 2.04 bits per heavy atom. The number of rotatable bonds is 1. The van der Waals surface area contributed by atoms with Gasteiger partial charge in [-0.3, -0.25) is 9.59 Å². The van der Waals surface area contributed by atoms with E-state index in [1.165, 1.54) is 17.8 Å². The number of carbonyl (C=O) groups is 2. The van der Waals surface area contributed by atoms with Crippen LogP contribution in [0.5, 0.6) is 0 Å². The van der Waals surface area contributed by atoms with E-state index in [9.17, 15) is 9.59 Å². The van der Waals surface area contributed by atoms with Crippen LogP contribution in [-0.2, 0) is 19.1 Å². The Morgan fingerprint density at radius 1 is 1.29 bits per heavy atom. The third kappa shape index (κ3) is 2.99. The molecule has 1 spiro atoms. The van der Waals surface area contributed by atoms with Crippen LogP contribution in [0.15, 0.2) is 40.3 Å². The SMILES string of the molecule is O=C1N=C2C=CC=CC2S/C1=C\C(=O)N1CCC2(CC1)OCCO2. The summed E-state index contributed by atoms with van der Waals surface area (Å²) >= 11 is 1.38. The van der Waals surface area contributed by atoms with Crippen LogP contribution in [0.4, 0.5) is 0 Å². The Labute approximate surface area is 144 Å². The highest BCUT2D eigenvalue weighted by Gasteiger charge is 2.40. The molecule has 0 radical (unpaired) electrons. The Balaban J connectivity index is 1.43. The van der Waals surface area contributed by atoms with Crippen molar-refractivity contribution in [2.24, 2.45) is 4.99 Å². The van der Waals surface area contributed by atoms with Gasteiger partial charge in [0, 0.05) is 32.0 Å². The van der Waals surface area contributed by atoms with Gasteiger partial charge in [-0.25, -0.2) is 4.99 Å². The highest BCUT2D eigenvalue weighted by atomic mass is 32.2. The number of allylic oxidation sites excluding steroid dienone is 3. The van der Waals surface area contributed by atoms with E-state index in [1.54, 1.807) is 4.90 Å². The molecule has 0 aromatic heterocycles. The number of fused-ring (bicyclic) bond motifs is 1. The molecule has 3 aliphatic heterocycles. The average molecular weight is 346 g/mol. The summed E-state index contributed by atoms with van der Waals surface area (Å²) in [5, 5.41) is 0.0108. The molecule has 2 amide bonds. The molecular weight excluding hydrogens is 328 g/mol. The topological polar surface area (TPSA) is 68.2 Å². The predicted molar refractivity (Wildman–Crippen MR) is 90.6 cm³/mol. The second-order valence-electron chi connectivity index (χ2n) is 6.07. The smallest absolute Gasteiger partial charge is 0.283 e. The van der Waals surface area contributed by atoms with E-state index in [4.69, 9.17) is 9.47 Å². The van der Waals surface area contributed by atoms with Gasteiger partial charge in [-0.05, 0) is 6.08 Å². The zero-order chi connectivity index (χ0) is 16.6. The molecular formula is C17H18N2O4S. The zero-order valence-electron chi connectivity index (χ0n) is 13.1. The van der Waals surface area contributed by atoms with Crippen molar-refractivity contribution in [2.45, 2.75) is 23.9 Å². The van der Waals surface area contributed by atoms with Gasteiger partial charge in [0.25, 0.3) is 5.91 Å². The fourth-order valence-corrected chi connectivity index (χ4v) is 4.24. The molecule has 0 aromatic carbocycles. The van der Waals surface area contributed by atoms with Crippen molar-refractivity contribution in [2.75, 3.05) is 26.3 Å². The molecule has 2 fully saturated rings. The van der Waals surface area contributed by atoms with Crippen molar-refractivity contribution < 1.29 is 19.1 Å². The number of hydrogen-bond donors (Lipinski definition) is 0. The minimum absolute atomic E-state index is 0.0108. The molecule has 7 heteroatoms. The molecule has 24 heavy (non-hydrogen) atoms. The first kappa shape index (κ1) is 15.8. The molecule has 1 unspecified atom stereocenters. The van der Waals surface area contributed by atoms with E-state index in [1.807, 2.05) is 24.3 Å². The maximum atomic E-state index is 12.5. The summed E-state index contributed by atoms with van der Waals surface area (Å²) in [6.45, 7) is 2.38. The lowest BCUT2D eigenvalue weighted by Gasteiger charge is -2.37. The van der Waals surface area contributed by atoms with E-state index >= 15 is 0 Å². The first-order valence-electron chi connectivity index (χ1n) is 8.08. The van der Waals surface area contributed by atoms with Crippen molar-refractivity contribution in [1.82, 2.24) is 4.90 Å². The van der Waals surface area contributed by atoms with Crippen LogP contribution in [0.25, 0.3) is 0 Å². The lowest BCUT2D eigenvalue weighted by atomic mass is 10.0. The number of ether oxygens (including phenoxy) is 2. The second-order valence-corrected chi connectivity index (χ2v) is 7.25. The molecule has 1 atom stereocenters. The number of thioether (sulfide) groups is 1. The van der Waals surface area contributed by atoms with Crippen molar-refractivity contribution in [3.63, 3.8) is 0 Å². The Bertz CT molecular complexity index is 679. The van der Waals surface area contributed by atoms with Gasteiger partial charge in [-0.1, -0.05) is 18.2 Å². The van der Waals surface area contributed by atoms with Gasteiger partial charge in [0.05, 0.1) is 29.1 Å². The van der Waals surface area contributed by atoms with Gasteiger partial charge in [-0.2, -0.15) is 0 Å². The number of amides is 2. The summed E-state index contributed by atoms with van der Waals surface area (Å²) in [5.41, 5.74) is 0.743. The fourth-order valence-electron chi connectivity index (χ4n) is 3.23. The first-order chi connectivity index (χ1) is 11.7. The van der Waals surface area contributed by atoms with E-state index in [0.717, 1.165) is 5.71 Å². The third-order valence-electron chi connectivity index (χ3n) is 4.56. The van der Waals surface area contributed by atoms with Gasteiger partial charge < -0.3 is 14.4 Å². The molecule has 2 saturated heterocycles. The standard InChI is InChI=1S/C17H18N2O4S/c20-15(19-7-5-17(6-8-19)22-9-10-23-17)11-14-16(21)18-12-3-1-2-4-13(12)24-14/h1-4,11,13H,5-10H2/b14-11-. The summed E-state index contributed by atoms with van der Waals surface area (Å²) in [5.74, 6) is -0.985. The number of carbonyl (C=O) groups excluding carboxylic acids is 2. The lowest BCUT2D eigenvalue weighted by Crippen LogP contribution is -2.47. The molecule has 0 saturated carbocycles. The molecule has 0 bridgehead atoms. The van der Waals surface area contributed by atoms with Gasteiger partial charge in [0.15, 0.2) is 5.79 Å². The Kier molecular flexibility index (Phi) is 4.15. The monoisotopic (exact) mass is 346 g/mol. The minimum Gasteiger partial charge on any atom is -0.347 e. The number of nitrogens with zero attached hydrogens (tertiary/aromatic N) is 2. The highest BCUT2D eigenvalue weighted by molar-refractivity contribution is 8.05. The quantitative estimate of drug-likeness (QED) is 0.672. The zero-order valence-corrected chi connectivity index (χ0v) is 14.0. The van der Waals surface area contributed by atoms with Crippen LogP contribution in [0.1, 0.15) is 12.8 Å². The van der Waals surface area contributed by atoms with Crippen molar-refractivity contribution in [3.8, 4) is 0 Å². The van der Waals surface area contributed by atoms with Crippen LogP contribution in [0.3, 0.4) is 0 Å². The van der Waals surface area contributed by atoms with Gasteiger partial charge in [-0.15, -0.1) is 11.8 Å². The first-order valence-corrected chi connectivity index (χ1v) is 8.96. The molecule has 0 aromatic rings. The Morgan fingerprint density at radius 3 is 2.79 bits per heavy atom. The molecule has 4 aliphatic rings. The summed E-state index contributed by atoms with van der Waals surface area (Å²) in [7, 11) is 0. The molecule has 1 aliphatic carbocycles. The maximum absolute atomic E-state index is 12.5. The fraction of sp³-hybridized carbons (Fsp3) is 0.471. The maximum Gasteiger partial charge on any atom is 0.283 e. The molecule has 126 valence electrons. The Hall–Kier alpha value is -1.70. The van der Waals surface area contributed by atoms with Crippen molar-refractivity contribution >= 4 is 29.3 Å². The number of aliphatic imine (C=N–C) groups is 1. The minimum atomic E-state index is -0.502. The number of piperidine rings is 1. The van der Waals surface area contributed by atoms with Gasteiger partial charge in [0.1, 0.15) is 0 Å². The summed E-state index contributed by atoms with van der Waals surface area (Å²) in [4.78, 5) is 30.9. The van der Waals surface area contributed by atoms with E-state index in [-0.39, 0.29) is 17.1 Å². The van der Waals surface area contributed by atoms with Crippen molar-refractivity contribution in [1.29, 1.82) is 0 Å². The predicted octanol–water partition coefficient (Wildman–Crippen LogP) is 1.44. The van der Waals surface area contributed by atoms with E-state index < -0.39 is 5.79 Å². The van der Waals surface area contributed by atoms with Gasteiger partial charge in [0.2, 0.25) is 5.91 Å². The van der Waals surface area contributed by atoms with Crippen LogP contribution >= 0.6 is 11.8 Å². The molecule has 6 nitrogen and oxygen atoms in total. The normalized spacial score (nSPS) is 29.9. The van der Waals surface area contributed by atoms with Crippen LogP contribution in [-0.4, -0.2) is 59.8 Å². The van der Waals surface area contributed by atoms with Crippen LogP contribution in [0.2, 0.25) is 0 Å². The summed E-state index contributed by atoms with van der Waals surface area (Å²) < 4.78 is 11.3. The highest BCUT2D eigenvalue weighted by Crippen LogP contribution is 2.33. The van der Waals surface area contributed by atoms with E-state index in [0.29, 0.717) is 44.1 Å². The number of likely N-dealkylation sites (tertiary alicyclic amines) is 1. The van der Waals surface area contributed by atoms with E-state index in [2.05, 4.69) is 4.99 Å². The van der Waals surface area contributed by atoms with Crippen LogP contribution in [0, 0.1) is 0 Å². The van der Waals surface area contributed by atoms with Crippen molar-refractivity contribution in [3.05, 3.63) is 35.3 Å². The average Bonchev–Trinajstić information content (AvgIpc) is 3.04.